The zero-order valence-corrected chi connectivity index (χ0v) is 11.8. The fraction of sp³-hybridized carbons (Fsp3) is 0.909. The van der Waals surface area contributed by atoms with Gasteiger partial charge in [0.15, 0.2) is 5.17 Å². The molecule has 1 aliphatic rings. The van der Waals surface area contributed by atoms with E-state index < -0.39 is 0 Å². The Kier molecular flexibility index (Phi) is 5.90. The van der Waals surface area contributed by atoms with Crippen LogP contribution in [0.2, 0.25) is 0 Å². The van der Waals surface area contributed by atoms with Crippen LogP contribution >= 0.6 is 23.5 Å². The first-order valence-electron chi connectivity index (χ1n) is 5.57. The largest absolute Gasteiger partial charge is 0.365 e. The number of nitrogens with zero attached hydrogens (tertiary/aromatic N) is 1. The molecular weight excluding hydrogens is 224 g/mol. The molecule has 88 valence electrons. The van der Waals surface area contributed by atoms with Crippen LogP contribution in [0.25, 0.3) is 0 Å². The maximum atomic E-state index is 4.53. The van der Waals surface area contributed by atoms with Gasteiger partial charge in [-0.25, -0.2) is 0 Å². The maximum absolute atomic E-state index is 4.53. The molecule has 0 aromatic rings. The highest BCUT2D eigenvalue weighted by Crippen LogP contribution is 2.25. The summed E-state index contributed by atoms with van der Waals surface area (Å²) in [4.78, 5) is 4.53. The number of aliphatic imine (C=N–C) groups is 1. The Hall–Kier alpha value is 0.170. The second kappa shape index (κ2) is 6.69. The lowest BCUT2D eigenvalue weighted by atomic mass is 10.1. The number of nitrogens with one attached hydrogen (secondary N) is 1. The first-order chi connectivity index (χ1) is 7.13. The highest BCUT2D eigenvalue weighted by atomic mass is 32.2. The smallest absolute Gasteiger partial charge is 0.156 e. The molecule has 2 nitrogen and oxygen atoms in total. The van der Waals surface area contributed by atoms with Crippen LogP contribution in [0.4, 0.5) is 0 Å². The van der Waals surface area contributed by atoms with Crippen LogP contribution in [-0.4, -0.2) is 35.5 Å². The lowest BCUT2D eigenvalue weighted by molar-refractivity contribution is 0.620. The van der Waals surface area contributed by atoms with Gasteiger partial charge in [-0.1, -0.05) is 32.5 Å². The van der Waals surface area contributed by atoms with Gasteiger partial charge in [0, 0.05) is 11.8 Å². The van der Waals surface area contributed by atoms with Crippen molar-refractivity contribution in [1.82, 2.24) is 5.32 Å². The van der Waals surface area contributed by atoms with Gasteiger partial charge in [-0.2, -0.15) is 11.8 Å². The van der Waals surface area contributed by atoms with Gasteiger partial charge in [0.05, 0.1) is 6.54 Å². The molecule has 0 amide bonds. The Labute approximate surface area is 102 Å². The van der Waals surface area contributed by atoms with Gasteiger partial charge in [0.1, 0.15) is 0 Å². The fourth-order valence-electron chi connectivity index (χ4n) is 1.44. The van der Waals surface area contributed by atoms with Crippen LogP contribution in [0.5, 0.6) is 0 Å². The fourth-order valence-corrected chi connectivity index (χ4v) is 3.15. The van der Waals surface area contributed by atoms with Crippen LogP contribution in [-0.2, 0) is 0 Å². The van der Waals surface area contributed by atoms with Crippen LogP contribution in [0.15, 0.2) is 4.99 Å². The van der Waals surface area contributed by atoms with E-state index in [4.69, 9.17) is 0 Å². The van der Waals surface area contributed by atoms with E-state index in [0.29, 0.717) is 5.25 Å². The summed E-state index contributed by atoms with van der Waals surface area (Å²) in [6.07, 6.45) is 2.16. The second-order valence-electron chi connectivity index (χ2n) is 4.49. The summed E-state index contributed by atoms with van der Waals surface area (Å²) >= 11 is 3.82. The molecule has 1 heterocycles. The van der Waals surface area contributed by atoms with Crippen molar-refractivity contribution >= 4 is 28.7 Å². The minimum atomic E-state index is 0.684. The third-order valence-electron chi connectivity index (χ3n) is 2.47. The van der Waals surface area contributed by atoms with Gasteiger partial charge in [-0.05, 0) is 23.8 Å². The van der Waals surface area contributed by atoms with Gasteiger partial charge in [-0.3, -0.25) is 4.99 Å². The van der Waals surface area contributed by atoms with E-state index in [2.05, 4.69) is 37.3 Å². The van der Waals surface area contributed by atoms with Gasteiger partial charge < -0.3 is 5.32 Å². The standard InChI is InChI=1S/C11H22N2S2/c1-8(2)10-6-13-11(15-10)12-5-9(3)7-14-4/h8-10H,5-7H2,1-4H3,(H,12,13). The van der Waals surface area contributed by atoms with Crippen molar-refractivity contribution in [3.8, 4) is 0 Å². The Morgan fingerprint density at radius 1 is 1.53 bits per heavy atom. The molecule has 2 unspecified atom stereocenters. The lowest BCUT2D eigenvalue weighted by Crippen LogP contribution is -2.26. The van der Waals surface area contributed by atoms with Crippen molar-refractivity contribution in [1.29, 1.82) is 0 Å². The van der Waals surface area contributed by atoms with Gasteiger partial charge >= 0.3 is 0 Å². The van der Waals surface area contributed by atoms with E-state index in [1.165, 1.54) is 5.75 Å². The zero-order valence-electron chi connectivity index (χ0n) is 10.1. The minimum absolute atomic E-state index is 0.684. The van der Waals surface area contributed by atoms with Crippen LogP contribution < -0.4 is 5.32 Å². The molecule has 0 fully saturated rings. The van der Waals surface area contributed by atoms with Crippen molar-refractivity contribution < 1.29 is 0 Å². The number of hydrogen-bond donors (Lipinski definition) is 1. The van der Waals surface area contributed by atoms with Crippen molar-refractivity contribution in [2.45, 2.75) is 26.0 Å². The highest BCUT2D eigenvalue weighted by Gasteiger charge is 2.22. The first-order valence-corrected chi connectivity index (χ1v) is 7.84. The van der Waals surface area contributed by atoms with Crippen molar-refractivity contribution in [3.63, 3.8) is 0 Å². The van der Waals surface area contributed by atoms with Crippen molar-refractivity contribution in [3.05, 3.63) is 0 Å². The molecule has 15 heavy (non-hydrogen) atoms. The monoisotopic (exact) mass is 246 g/mol. The molecule has 0 bridgehead atoms. The first kappa shape index (κ1) is 13.2. The maximum Gasteiger partial charge on any atom is 0.156 e. The average Bonchev–Trinajstić information content (AvgIpc) is 2.63. The van der Waals surface area contributed by atoms with Crippen LogP contribution in [0.3, 0.4) is 0 Å². The summed E-state index contributed by atoms with van der Waals surface area (Å²) in [5, 5.41) is 5.29. The number of thioether (sulfide) groups is 2. The molecule has 0 aromatic heterocycles. The van der Waals surface area contributed by atoms with Crippen molar-refractivity contribution in [2.24, 2.45) is 16.8 Å². The van der Waals surface area contributed by atoms with E-state index >= 15 is 0 Å². The van der Waals surface area contributed by atoms with Crippen LogP contribution in [0, 0.1) is 11.8 Å². The summed E-state index contributed by atoms with van der Waals surface area (Å²) in [6.45, 7) is 8.86. The van der Waals surface area contributed by atoms with E-state index in [-0.39, 0.29) is 0 Å². The Morgan fingerprint density at radius 3 is 2.80 bits per heavy atom. The van der Waals surface area contributed by atoms with Crippen LogP contribution in [0.1, 0.15) is 20.8 Å². The summed E-state index contributed by atoms with van der Waals surface area (Å²) < 4.78 is 0. The molecule has 0 aliphatic carbocycles. The van der Waals surface area contributed by atoms with E-state index in [1.807, 2.05) is 23.5 Å². The summed E-state index contributed by atoms with van der Waals surface area (Å²) in [7, 11) is 0. The predicted molar refractivity (Wildman–Crippen MR) is 74.1 cm³/mol. The summed E-state index contributed by atoms with van der Waals surface area (Å²) in [5.74, 6) is 2.67. The number of amidine groups is 1. The molecule has 1 N–H and O–H groups in total. The molecule has 0 spiro atoms. The topological polar surface area (TPSA) is 24.4 Å². The lowest BCUT2D eigenvalue weighted by Gasteiger charge is -2.14. The molecule has 1 aliphatic heterocycles. The molecule has 0 radical (unpaired) electrons. The normalized spacial score (nSPS) is 23.0. The zero-order chi connectivity index (χ0) is 11.3. The Bertz CT molecular complexity index is 217. The van der Waals surface area contributed by atoms with Gasteiger partial charge in [0.25, 0.3) is 0 Å². The van der Waals surface area contributed by atoms with E-state index in [1.54, 1.807) is 0 Å². The Balaban J connectivity index is 2.19. The molecule has 2 atom stereocenters. The highest BCUT2D eigenvalue weighted by molar-refractivity contribution is 8.14. The third kappa shape index (κ3) is 4.68. The number of rotatable bonds is 5. The minimum Gasteiger partial charge on any atom is -0.365 e. The number of hydrogen-bond acceptors (Lipinski definition) is 4. The molecular formula is C11H22N2S2. The van der Waals surface area contributed by atoms with Gasteiger partial charge in [0.2, 0.25) is 0 Å². The summed E-state index contributed by atoms with van der Waals surface area (Å²) in [5.41, 5.74) is 0. The Morgan fingerprint density at radius 2 is 2.27 bits per heavy atom. The molecule has 0 aromatic carbocycles. The predicted octanol–water partition coefficient (Wildman–Crippen LogP) is 2.70. The SMILES string of the molecule is CSCC(C)CNC1=NCC(C(C)C)S1. The van der Waals surface area contributed by atoms with Crippen molar-refractivity contribution in [2.75, 3.05) is 25.1 Å². The summed E-state index contributed by atoms with van der Waals surface area (Å²) in [6, 6.07) is 0. The third-order valence-corrected chi connectivity index (χ3v) is 4.87. The molecule has 4 heteroatoms. The van der Waals surface area contributed by atoms with E-state index in [0.717, 1.165) is 30.1 Å². The molecule has 0 saturated heterocycles. The van der Waals surface area contributed by atoms with E-state index in [9.17, 15) is 0 Å². The quantitative estimate of drug-likeness (QED) is 0.807. The van der Waals surface area contributed by atoms with Gasteiger partial charge in [-0.15, -0.1) is 0 Å². The average molecular weight is 246 g/mol. The second-order valence-corrected chi connectivity index (χ2v) is 6.63. The molecule has 1 rings (SSSR count). The molecule has 0 saturated carbocycles.